The summed E-state index contributed by atoms with van der Waals surface area (Å²) >= 11 is 0. The van der Waals surface area contributed by atoms with Crippen LogP contribution in [0.15, 0.2) is 60.7 Å². The number of hydrogen-bond donors (Lipinski definition) is 1. The van der Waals surface area contributed by atoms with Crippen LogP contribution in [0.25, 0.3) is 10.8 Å². The molecule has 0 aromatic heterocycles. The highest BCUT2D eigenvalue weighted by Crippen LogP contribution is 2.37. The normalized spacial score (nSPS) is 16.1. The number of anilines is 1. The van der Waals surface area contributed by atoms with Gasteiger partial charge in [0, 0.05) is 36.3 Å². The van der Waals surface area contributed by atoms with Crippen molar-refractivity contribution in [3.8, 4) is 11.5 Å². The smallest absolute Gasteiger partial charge is 0.350 e. The largest absolute Gasteiger partial charge is 0.454 e. The molecule has 1 fully saturated rings. The second-order valence-electron chi connectivity index (χ2n) is 8.22. The highest BCUT2D eigenvalue weighted by Gasteiger charge is 2.46. The molecule has 0 bridgehead atoms. The van der Waals surface area contributed by atoms with Gasteiger partial charge in [0.05, 0.1) is 0 Å². The summed E-state index contributed by atoms with van der Waals surface area (Å²) in [5, 5.41) is 3.85. The van der Waals surface area contributed by atoms with E-state index in [4.69, 9.17) is 9.47 Å². The fourth-order valence-electron chi connectivity index (χ4n) is 4.38. The Morgan fingerprint density at radius 2 is 1.67 bits per heavy atom. The minimum Gasteiger partial charge on any atom is -0.454 e. The monoisotopic (exact) mass is 452 g/mol. The van der Waals surface area contributed by atoms with Crippen LogP contribution in [0, 0.1) is 5.92 Å². The second kappa shape index (κ2) is 8.35. The number of hydrogen-bond acceptors (Lipinski definition) is 4. The van der Waals surface area contributed by atoms with Gasteiger partial charge < -0.3 is 19.7 Å². The predicted octanol–water partition coefficient (Wildman–Crippen LogP) is 4.54. The molecule has 3 aromatic rings. The molecule has 33 heavy (non-hydrogen) atoms. The molecule has 170 valence electrons. The summed E-state index contributed by atoms with van der Waals surface area (Å²) in [6.45, 7) is 0.333. The van der Waals surface area contributed by atoms with E-state index >= 15 is 8.78 Å². The molecule has 6 nitrogen and oxygen atoms in total. The second-order valence-corrected chi connectivity index (χ2v) is 8.22. The van der Waals surface area contributed by atoms with Crippen LogP contribution in [0.4, 0.5) is 14.5 Å². The molecule has 8 heteroatoms. The van der Waals surface area contributed by atoms with Crippen molar-refractivity contribution in [2.24, 2.45) is 5.92 Å². The maximum atomic E-state index is 15.2. The number of halogens is 2. The summed E-state index contributed by atoms with van der Waals surface area (Å²) in [6, 6.07) is 16.5. The Hall–Kier alpha value is -3.68. The number of ether oxygens (including phenoxy) is 2. The maximum absolute atomic E-state index is 15.2. The van der Waals surface area contributed by atoms with Crippen molar-refractivity contribution in [2.75, 3.05) is 25.2 Å². The summed E-state index contributed by atoms with van der Waals surface area (Å²) in [5.41, 5.74) is 0.276. The van der Waals surface area contributed by atoms with Crippen molar-refractivity contribution in [3.63, 3.8) is 0 Å². The van der Waals surface area contributed by atoms with Crippen LogP contribution in [0.2, 0.25) is 0 Å². The van der Waals surface area contributed by atoms with Crippen molar-refractivity contribution in [1.82, 2.24) is 4.90 Å². The molecule has 0 unspecified atom stereocenters. The average molecular weight is 452 g/mol. The fraction of sp³-hybridized carbons (Fsp3) is 0.280. The van der Waals surface area contributed by atoms with E-state index in [2.05, 4.69) is 5.32 Å². The van der Waals surface area contributed by atoms with Gasteiger partial charge in [0.2, 0.25) is 12.7 Å². The summed E-state index contributed by atoms with van der Waals surface area (Å²) in [5.74, 6) is -4.28. The molecule has 0 saturated carbocycles. The van der Waals surface area contributed by atoms with E-state index < -0.39 is 11.8 Å². The van der Waals surface area contributed by atoms with E-state index in [9.17, 15) is 9.59 Å². The van der Waals surface area contributed by atoms with Crippen LogP contribution in [0.5, 0.6) is 11.5 Å². The van der Waals surface area contributed by atoms with Gasteiger partial charge in [0.25, 0.3) is 5.91 Å². The molecule has 0 spiro atoms. The SMILES string of the molecule is O=C(Nc1ccc2c(c1)OCO2)C1CCN(C(=O)C(F)(F)c2cccc3ccccc23)CC1. The first-order valence-corrected chi connectivity index (χ1v) is 10.8. The van der Waals surface area contributed by atoms with Gasteiger partial charge in [-0.25, -0.2) is 0 Å². The number of carbonyl (C=O) groups excluding carboxylic acids is 2. The van der Waals surface area contributed by atoms with E-state index in [1.54, 1.807) is 48.5 Å². The summed E-state index contributed by atoms with van der Waals surface area (Å²) < 4.78 is 41.0. The van der Waals surface area contributed by atoms with Crippen molar-refractivity contribution in [3.05, 3.63) is 66.2 Å². The Morgan fingerprint density at radius 1 is 0.939 bits per heavy atom. The Labute approximate surface area is 189 Å². The van der Waals surface area contributed by atoms with Crippen LogP contribution < -0.4 is 14.8 Å². The zero-order valence-electron chi connectivity index (χ0n) is 17.7. The van der Waals surface area contributed by atoms with Crippen LogP contribution in [0.3, 0.4) is 0 Å². The number of benzene rings is 3. The number of likely N-dealkylation sites (tertiary alicyclic amines) is 1. The maximum Gasteiger partial charge on any atom is 0.350 e. The van der Waals surface area contributed by atoms with Gasteiger partial charge in [-0.1, -0.05) is 42.5 Å². The van der Waals surface area contributed by atoms with Crippen LogP contribution in [-0.2, 0) is 15.5 Å². The van der Waals surface area contributed by atoms with E-state index in [0.717, 1.165) is 4.90 Å². The Kier molecular flexibility index (Phi) is 5.36. The molecule has 0 aliphatic carbocycles. The quantitative estimate of drug-likeness (QED) is 0.631. The highest BCUT2D eigenvalue weighted by molar-refractivity contribution is 5.95. The first-order valence-electron chi connectivity index (χ1n) is 10.8. The summed E-state index contributed by atoms with van der Waals surface area (Å²) in [4.78, 5) is 26.6. The Morgan fingerprint density at radius 3 is 2.48 bits per heavy atom. The lowest BCUT2D eigenvalue weighted by Crippen LogP contribution is -2.47. The Balaban J connectivity index is 1.24. The molecule has 1 saturated heterocycles. The summed E-state index contributed by atoms with van der Waals surface area (Å²) in [7, 11) is 0. The lowest BCUT2D eigenvalue weighted by atomic mass is 9.94. The summed E-state index contributed by atoms with van der Waals surface area (Å²) in [6.07, 6.45) is 0.626. The zero-order valence-corrected chi connectivity index (χ0v) is 17.7. The molecular weight excluding hydrogens is 430 g/mol. The average Bonchev–Trinajstić information content (AvgIpc) is 3.31. The Bertz CT molecular complexity index is 1220. The molecule has 0 radical (unpaired) electrons. The number of alkyl halides is 2. The molecule has 2 aliphatic rings. The molecule has 3 aromatic carbocycles. The molecule has 5 rings (SSSR count). The van der Waals surface area contributed by atoms with Crippen molar-refractivity contribution < 1.29 is 27.8 Å². The molecule has 2 amide bonds. The van der Waals surface area contributed by atoms with E-state index in [-0.39, 0.29) is 37.3 Å². The van der Waals surface area contributed by atoms with Gasteiger partial charge in [0.1, 0.15) is 0 Å². The lowest BCUT2D eigenvalue weighted by Gasteiger charge is -2.33. The van der Waals surface area contributed by atoms with Crippen LogP contribution in [0.1, 0.15) is 18.4 Å². The van der Waals surface area contributed by atoms with Gasteiger partial charge in [0.15, 0.2) is 11.5 Å². The molecule has 0 atom stereocenters. The minimum absolute atomic E-state index is 0.0956. The number of carbonyl (C=O) groups is 2. The van der Waals surface area contributed by atoms with Gasteiger partial charge in [-0.05, 0) is 35.7 Å². The molecule has 2 aliphatic heterocycles. The predicted molar refractivity (Wildman–Crippen MR) is 118 cm³/mol. The third-order valence-corrected chi connectivity index (χ3v) is 6.19. The van der Waals surface area contributed by atoms with Gasteiger partial charge in [-0.3, -0.25) is 9.59 Å². The van der Waals surface area contributed by atoms with Gasteiger partial charge in [-0.15, -0.1) is 0 Å². The lowest BCUT2D eigenvalue weighted by molar-refractivity contribution is -0.160. The van der Waals surface area contributed by atoms with Crippen molar-refractivity contribution in [2.45, 2.75) is 18.8 Å². The van der Waals surface area contributed by atoms with E-state index in [1.165, 1.54) is 12.1 Å². The van der Waals surface area contributed by atoms with Crippen molar-refractivity contribution in [1.29, 1.82) is 0 Å². The topological polar surface area (TPSA) is 67.9 Å². The standard InChI is InChI=1S/C25H22F2N2O4/c26-25(27,20-7-3-5-16-4-1-2-6-19(16)20)24(31)29-12-10-17(11-13-29)23(30)28-18-8-9-21-22(14-18)33-15-32-21/h1-9,14,17H,10-13,15H2,(H,28,30). The first kappa shape index (κ1) is 21.2. The molecular formula is C25H22F2N2O4. The number of nitrogens with one attached hydrogen (secondary N) is 1. The van der Waals surface area contributed by atoms with E-state index in [1.807, 2.05) is 0 Å². The first-order chi connectivity index (χ1) is 15.9. The highest BCUT2D eigenvalue weighted by atomic mass is 19.3. The van der Waals surface area contributed by atoms with Gasteiger partial charge in [-0.2, -0.15) is 8.78 Å². The fourth-order valence-corrected chi connectivity index (χ4v) is 4.38. The van der Waals surface area contributed by atoms with E-state index in [0.29, 0.717) is 40.8 Å². The number of piperidine rings is 1. The van der Waals surface area contributed by atoms with Crippen LogP contribution >= 0.6 is 0 Å². The zero-order chi connectivity index (χ0) is 23.0. The van der Waals surface area contributed by atoms with Gasteiger partial charge >= 0.3 is 5.92 Å². The third-order valence-electron chi connectivity index (χ3n) is 6.19. The number of nitrogens with zero attached hydrogens (tertiary/aromatic N) is 1. The third kappa shape index (κ3) is 3.97. The number of fused-ring (bicyclic) bond motifs is 2. The molecule has 1 N–H and O–H groups in total. The number of rotatable bonds is 4. The van der Waals surface area contributed by atoms with Crippen molar-refractivity contribution >= 4 is 28.3 Å². The number of amides is 2. The minimum atomic E-state index is -3.65. The van der Waals surface area contributed by atoms with Crippen LogP contribution in [-0.4, -0.2) is 36.6 Å². The molecule has 2 heterocycles.